The van der Waals surface area contributed by atoms with Crippen LogP contribution in [0, 0.1) is 0 Å². The van der Waals surface area contributed by atoms with Gasteiger partial charge in [-0.2, -0.15) is 4.79 Å². The Bertz CT molecular complexity index is 537. The van der Waals surface area contributed by atoms with Crippen molar-refractivity contribution in [2.45, 2.75) is 0 Å². The molecule has 0 aromatic carbocycles. The largest absolute Gasteiger partial charge is 2.00 e. The van der Waals surface area contributed by atoms with Crippen molar-refractivity contribution < 1.29 is 46.6 Å². The minimum absolute atomic E-state index is 0. The number of rotatable bonds is 2. The third-order valence-corrected chi connectivity index (χ3v) is 1.79. The fourth-order valence-electron chi connectivity index (χ4n) is 0.470. The fourth-order valence-corrected chi connectivity index (χ4v) is 0.957. The van der Waals surface area contributed by atoms with Crippen molar-refractivity contribution in [3.05, 3.63) is 21.2 Å². The monoisotopic (exact) mass is 325 g/mol. The molecule has 19 heavy (non-hydrogen) atoms. The second-order valence-corrected chi connectivity index (χ2v) is 2.99. The molecule has 0 fully saturated rings. The predicted molar refractivity (Wildman–Crippen MR) is 44.9 cm³/mol. The van der Waals surface area contributed by atoms with Crippen molar-refractivity contribution >= 4 is 58.3 Å². The number of hydrogen-bond donors (Lipinski definition) is 0. The van der Waals surface area contributed by atoms with E-state index in [4.69, 9.17) is 15.0 Å². The third-order valence-electron chi connectivity index (χ3n) is 0.894. The Hall–Kier alpha value is -1.56. The summed E-state index contributed by atoms with van der Waals surface area (Å²) in [6.45, 7) is 0. The predicted octanol–water partition coefficient (Wildman–Crippen LogP) is -3.58. The Morgan fingerprint density at radius 2 is 1.58 bits per heavy atom. The van der Waals surface area contributed by atoms with E-state index in [1.54, 1.807) is 0 Å². The molecular formula is C4CaNO12P. The molecule has 0 bridgehead atoms. The first kappa shape index (κ1) is 17.4. The van der Waals surface area contributed by atoms with Crippen molar-refractivity contribution in [3.8, 4) is 0 Å². The molecule has 0 N–H and O–H groups in total. The van der Waals surface area contributed by atoms with E-state index in [0.717, 1.165) is 0 Å². The Morgan fingerprint density at radius 1 is 1.11 bits per heavy atom. The number of hydrogen-bond acceptors (Lipinski definition) is 12. The smallest absolute Gasteiger partial charge is 0.652 e. The summed E-state index contributed by atoms with van der Waals surface area (Å²) in [5, 5.41) is 16.8. The summed E-state index contributed by atoms with van der Waals surface area (Å²) in [7, 11) is -2.05. The van der Waals surface area contributed by atoms with Crippen LogP contribution in [0.25, 0.3) is 0 Å². The van der Waals surface area contributed by atoms with Gasteiger partial charge in [0.15, 0.2) is 5.08 Å². The molecule has 0 spiro atoms. The van der Waals surface area contributed by atoms with Gasteiger partial charge in [-0.1, -0.05) is 0 Å². The molecule has 2 aromatic rings. The van der Waals surface area contributed by atoms with Crippen molar-refractivity contribution in [1.29, 1.82) is 0 Å². The zero-order valence-electron chi connectivity index (χ0n) is 8.50. The van der Waals surface area contributed by atoms with Crippen LogP contribution in [0.3, 0.4) is 0 Å². The Labute approximate surface area is 131 Å². The summed E-state index contributed by atoms with van der Waals surface area (Å²) in [6.07, 6.45) is -3.64. The summed E-state index contributed by atoms with van der Waals surface area (Å²) in [4.78, 5) is 43.1. The van der Waals surface area contributed by atoms with Crippen LogP contribution in [-0.4, -0.2) is 55.1 Å². The van der Waals surface area contributed by atoms with Gasteiger partial charge in [0.25, 0.3) is 0 Å². The van der Waals surface area contributed by atoms with Crippen molar-refractivity contribution in [3.63, 3.8) is 0 Å². The minimum Gasteiger partial charge on any atom is -0.652 e. The first-order valence-corrected chi connectivity index (χ1v) is 4.64. The van der Waals surface area contributed by atoms with E-state index in [1.807, 2.05) is 0 Å². The van der Waals surface area contributed by atoms with E-state index in [1.165, 1.54) is 0 Å². The fraction of sp³-hybridized carbons (Fsp3) is 0. The molecule has 2 rings (SSSR count). The molecule has 0 saturated carbocycles. The maximum Gasteiger partial charge on any atom is 2.00 e. The van der Waals surface area contributed by atoms with E-state index < -0.39 is 32.2 Å². The van der Waals surface area contributed by atoms with E-state index in [9.17, 15) is 14.4 Å². The third kappa shape index (κ3) is 6.81. The van der Waals surface area contributed by atoms with Crippen LogP contribution in [0.1, 0.15) is 0 Å². The number of carboxylic acid groups (broad SMARTS) is 2. The van der Waals surface area contributed by atoms with Crippen LogP contribution in [0.15, 0.2) is 27.0 Å². The van der Waals surface area contributed by atoms with Gasteiger partial charge in [-0.15, -0.1) is 0 Å². The second-order valence-electron chi connectivity index (χ2n) is 1.99. The van der Waals surface area contributed by atoms with Crippen LogP contribution in [0.2, 0.25) is 0 Å². The van der Waals surface area contributed by atoms with Gasteiger partial charge in [0, 0.05) is 0 Å². The molecule has 0 amide bonds. The topological polar surface area (TPSA) is 190 Å². The van der Waals surface area contributed by atoms with E-state index in [0.29, 0.717) is 0 Å². The van der Waals surface area contributed by atoms with Gasteiger partial charge in [0.05, 0.1) is 0 Å². The molecule has 0 saturated heterocycles. The van der Waals surface area contributed by atoms with E-state index >= 15 is 0 Å². The number of carbonyl (C=O) groups is 2. The Kier molecular flexibility index (Phi) is 7.14. The second kappa shape index (κ2) is 7.78. The van der Waals surface area contributed by atoms with Gasteiger partial charge in [-0.05, 0) is 6.16 Å². The molecule has 100 valence electrons. The molecule has 15 heteroatoms. The first-order valence-electron chi connectivity index (χ1n) is 3.54. The van der Waals surface area contributed by atoms with Gasteiger partial charge < -0.3 is 27.9 Å². The van der Waals surface area contributed by atoms with Crippen LogP contribution in [0.4, 0.5) is 9.59 Å². The normalized spacial score (nSPS) is 8.84. The molecule has 0 aliphatic rings. The standard InChI is InChI=1S/C3NO9P.CH2O3.Ca/c5-1-8-4(9-1)10-2(6)11-14-12-3(7)13-14;2-1(3)4;/h;(H2,2,3,4);/q;;+2/p-2. The van der Waals surface area contributed by atoms with Crippen LogP contribution in [0.5, 0.6) is 0 Å². The van der Waals surface area contributed by atoms with Crippen molar-refractivity contribution in [2.24, 2.45) is 0 Å². The zero-order valence-corrected chi connectivity index (χ0v) is 11.6. The van der Waals surface area contributed by atoms with E-state index in [2.05, 4.69) is 26.8 Å². The molecule has 0 unspecified atom stereocenters. The molecule has 0 atom stereocenters. The maximum atomic E-state index is 10.7. The molecule has 2 heterocycles. The van der Waals surface area contributed by atoms with Gasteiger partial charge in [0.1, 0.15) is 0 Å². The zero-order chi connectivity index (χ0) is 13.7. The Balaban J connectivity index is 0.000000576. The van der Waals surface area contributed by atoms with Gasteiger partial charge >= 0.3 is 63.8 Å². The van der Waals surface area contributed by atoms with Crippen molar-refractivity contribution in [2.75, 3.05) is 0 Å². The summed E-state index contributed by atoms with van der Waals surface area (Å²) in [6, 6.07) is 0. The summed E-state index contributed by atoms with van der Waals surface area (Å²) < 4.78 is 20.5. The van der Waals surface area contributed by atoms with Crippen LogP contribution < -0.4 is 31.2 Å². The summed E-state index contributed by atoms with van der Waals surface area (Å²) in [5.74, 6) is -1.98. The van der Waals surface area contributed by atoms with E-state index in [-0.39, 0.29) is 42.8 Å². The van der Waals surface area contributed by atoms with Gasteiger partial charge in [-0.25, -0.2) is 23.5 Å². The van der Waals surface area contributed by atoms with Gasteiger partial charge in [-0.3, -0.25) is 0 Å². The molecule has 13 nitrogen and oxygen atoms in total. The molecular weight excluding hydrogens is 325 g/mol. The van der Waals surface area contributed by atoms with Crippen molar-refractivity contribution in [1.82, 2.24) is 5.08 Å². The number of carbonyl (C=O) groups excluding carboxylic acids is 2. The maximum absolute atomic E-state index is 10.7. The Morgan fingerprint density at radius 3 is 1.95 bits per heavy atom. The molecule has 0 radical (unpaired) electrons. The quantitative estimate of drug-likeness (QED) is 0.494. The molecule has 0 aliphatic heterocycles. The number of aromatic nitrogens is 1. The van der Waals surface area contributed by atoms with Crippen LogP contribution in [-0.2, 0) is 0 Å². The van der Waals surface area contributed by atoms with Crippen LogP contribution >= 0.6 is 8.24 Å². The average Bonchev–Trinajstić information content (AvgIpc) is 2.12. The summed E-state index contributed by atoms with van der Waals surface area (Å²) in [5.41, 5.74) is 0. The molecule has 2 aromatic heterocycles. The summed E-state index contributed by atoms with van der Waals surface area (Å²) >= 11 is 0. The first-order chi connectivity index (χ1) is 8.36. The molecule has 0 aliphatic carbocycles. The minimum atomic E-state index is -2.33. The average molecular weight is 325 g/mol. The van der Waals surface area contributed by atoms with Gasteiger partial charge in [0.2, 0.25) is 0 Å². The SMILES string of the molecule is O=C(On1oc(=O)o1)Op1oc(=O)o1.O=C([O-])[O-].[Ca+2]. The number of nitrogens with zero attached hydrogens (tertiary/aromatic N) is 1.